The molecule has 0 unspecified atom stereocenters. The Hall–Kier alpha value is -5.12. The number of rotatable bonds is 9. The van der Waals surface area contributed by atoms with E-state index in [4.69, 9.17) is 18.9 Å². The third-order valence-electron chi connectivity index (χ3n) is 5.90. The Morgan fingerprint density at radius 3 is 2.27 bits per heavy atom. The number of hydrogen-bond donors (Lipinski definition) is 1. The molecule has 0 radical (unpaired) electrons. The highest BCUT2D eigenvalue weighted by Crippen LogP contribution is 2.37. The highest BCUT2D eigenvalue weighted by Gasteiger charge is 2.20. The summed E-state index contributed by atoms with van der Waals surface area (Å²) >= 11 is 0. The number of methoxy groups -OCH3 is 2. The summed E-state index contributed by atoms with van der Waals surface area (Å²) in [4.78, 5) is 17.6. The van der Waals surface area contributed by atoms with E-state index in [1.807, 2.05) is 19.9 Å². The molecule has 0 aliphatic rings. The van der Waals surface area contributed by atoms with Gasteiger partial charge in [-0.05, 0) is 74.5 Å². The maximum Gasteiger partial charge on any atom is 0.280 e. The number of carbonyl (C=O) groups excluding carboxylic acids is 1. The molecule has 5 aromatic rings. The van der Waals surface area contributed by atoms with E-state index < -0.39 is 5.91 Å². The van der Waals surface area contributed by atoms with Gasteiger partial charge in [0.2, 0.25) is 0 Å². The van der Waals surface area contributed by atoms with E-state index in [9.17, 15) is 9.18 Å². The van der Waals surface area contributed by atoms with Crippen LogP contribution >= 0.6 is 0 Å². The standard InChI is InChI=1S/C30H27FN4O5/c1-18(2)39-28-17-35(21-9-5-19(31)6-10-21)34-29(28)30(36)33-20-7-11-22(12-8-20)40-25-13-14-32-24-16-27(38-4)26(37-3)15-23(24)25/h5-18H,1-4H3,(H,33,36). The molecule has 0 fully saturated rings. The number of pyridine rings is 1. The number of fused-ring (bicyclic) bond motifs is 1. The first-order valence-corrected chi connectivity index (χ1v) is 12.5. The number of nitrogens with one attached hydrogen (secondary N) is 1. The average Bonchev–Trinajstić information content (AvgIpc) is 3.37. The molecular formula is C30H27FN4O5. The van der Waals surface area contributed by atoms with Gasteiger partial charge in [0.15, 0.2) is 22.9 Å². The zero-order chi connectivity index (χ0) is 28.2. The molecule has 3 aromatic carbocycles. The van der Waals surface area contributed by atoms with Crippen LogP contribution in [0, 0.1) is 5.82 Å². The van der Waals surface area contributed by atoms with Crippen molar-refractivity contribution < 1.29 is 28.1 Å². The van der Waals surface area contributed by atoms with Gasteiger partial charge in [0.25, 0.3) is 5.91 Å². The van der Waals surface area contributed by atoms with Crippen LogP contribution in [0.5, 0.6) is 28.7 Å². The van der Waals surface area contributed by atoms with Crippen molar-refractivity contribution in [2.75, 3.05) is 19.5 Å². The van der Waals surface area contributed by atoms with Gasteiger partial charge in [-0.15, -0.1) is 0 Å². The third kappa shape index (κ3) is 5.65. The maximum atomic E-state index is 13.4. The molecule has 2 heterocycles. The quantitative estimate of drug-likeness (QED) is 0.230. The molecule has 0 saturated heterocycles. The van der Waals surface area contributed by atoms with Crippen molar-refractivity contribution in [2.24, 2.45) is 0 Å². The predicted molar refractivity (Wildman–Crippen MR) is 149 cm³/mol. The van der Waals surface area contributed by atoms with Crippen molar-refractivity contribution in [1.29, 1.82) is 0 Å². The van der Waals surface area contributed by atoms with Crippen LogP contribution in [0.4, 0.5) is 10.1 Å². The molecule has 0 saturated carbocycles. The lowest BCUT2D eigenvalue weighted by Gasteiger charge is -2.13. The van der Waals surface area contributed by atoms with E-state index in [0.29, 0.717) is 45.6 Å². The third-order valence-corrected chi connectivity index (χ3v) is 5.90. The Balaban J connectivity index is 1.35. The summed E-state index contributed by atoms with van der Waals surface area (Å²) in [6.07, 6.45) is 3.07. The highest BCUT2D eigenvalue weighted by molar-refractivity contribution is 6.04. The molecule has 0 aliphatic carbocycles. The smallest absolute Gasteiger partial charge is 0.280 e. The number of hydrogen-bond acceptors (Lipinski definition) is 7. The van der Waals surface area contributed by atoms with E-state index in [2.05, 4.69) is 15.4 Å². The zero-order valence-electron chi connectivity index (χ0n) is 22.3. The molecule has 10 heteroatoms. The first-order chi connectivity index (χ1) is 19.3. The summed E-state index contributed by atoms with van der Waals surface area (Å²) in [5, 5.41) is 8.00. The van der Waals surface area contributed by atoms with E-state index >= 15 is 0 Å². The van der Waals surface area contributed by atoms with Crippen LogP contribution in [0.2, 0.25) is 0 Å². The van der Waals surface area contributed by atoms with E-state index in [1.54, 1.807) is 75.1 Å². The number of benzene rings is 3. The molecular weight excluding hydrogens is 515 g/mol. The molecule has 5 rings (SSSR count). The maximum absolute atomic E-state index is 13.4. The van der Waals surface area contributed by atoms with Gasteiger partial charge in [-0.25, -0.2) is 9.07 Å². The van der Waals surface area contributed by atoms with Crippen LogP contribution in [0.1, 0.15) is 24.3 Å². The molecule has 0 aliphatic heterocycles. The molecule has 1 amide bonds. The van der Waals surface area contributed by atoms with Gasteiger partial charge in [0, 0.05) is 23.3 Å². The van der Waals surface area contributed by atoms with Crippen molar-refractivity contribution in [1.82, 2.24) is 14.8 Å². The second kappa shape index (κ2) is 11.3. The Labute approximate surface area is 230 Å². The average molecular weight is 543 g/mol. The zero-order valence-corrected chi connectivity index (χ0v) is 22.3. The molecule has 9 nitrogen and oxygen atoms in total. The van der Waals surface area contributed by atoms with Gasteiger partial charge in [-0.3, -0.25) is 9.78 Å². The van der Waals surface area contributed by atoms with Crippen LogP contribution < -0.4 is 24.3 Å². The minimum absolute atomic E-state index is 0.103. The Morgan fingerprint density at radius 1 is 0.900 bits per heavy atom. The topological polar surface area (TPSA) is 96.7 Å². The normalized spacial score (nSPS) is 10.9. The van der Waals surface area contributed by atoms with E-state index in [1.165, 1.54) is 16.8 Å². The van der Waals surface area contributed by atoms with Crippen molar-refractivity contribution in [3.05, 3.63) is 90.6 Å². The minimum Gasteiger partial charge on any atom is -0.493 e. The summed E-state index contributed by atoms with van der Waals surface area (Å²) in [5.41, 5.74) is 1.93. The van der Waals surface area contributed by atoms with Crippen molar-refractivity contribution >= 4 is 22.5 Å². The van der Waals surface area contributed by atoms with Crippen molar-refractivity contribution in [2.45, 2.75) is 20.0 Å². The van der Waals surface area contributed by atoms with Crippen molar-refractivity contribution in [3.63, 3.8) is 0 Å². The summed E-state index contributed by atoms with van der Waals surface area (Å²) in [5.74, 6) is 1.78. The summed E-state index contributed by atoms with van der Waals surface area (Å²) in [6.45, 7) is 3.71. The molecule has 0 atom stereocenters. The molecule has 0 bridgehead atoms. The number of ether oxygens (including phenoxy) is 4. The molecule has 204 valence electrons. The summed E-state index contributed by atoms with van der Waals surface area (Å²) in [6, 6.07) is 18.1. The minimum atomic E-state index is -0.452. The number of anilines is 1. The van der Waals surface area contributed by atoms with Crippen LogP contribution in [0.3, 0.4) is 0 Å². The van der Waals surface area contributed by atoms with Gasteiger partial charge in [-0.2, -0.15) is 5.10 Å². The predicted octanol–water partition coefficient (Wildman–Crippen LogP) is 6.41. The van der Waals surface area contributed by atoms with Crippen LogP contribution in [-0.2, 0) is 0 Å². The van der Waals surface area contributed by atoms with Crippen molar-refractivity contribution in [3.8, 4) is 34.4 Å². The van der Waals surface area contributed by atoms with Gasteiger partial charge in [-0.1, -0.05) is 0 Å². The first-order valence-electron chi connectivity index (χ1n) is 12.5. The van der Waals surface area contributed by atoms with E-state index in [0.717, 1.165) is 5.39 Å². The van der Waals surface area contributed by atoms with E-state index in [-0.39, 0.29) is 17.6 Å². The fourth-order valence-corrected chi connectivity index (χ4v) is 4.04. The molecule has 2 aromatic heterocycles. The van der Waals surface area contributed by atoms with Gasteiger partial charge in [0.1, 0.15) is 17.3 Å². The van der Waals surface area contributed by atoms with Gasteiger partial charge >= 0.3 is 0 Å². The number of halogens is 1. The lowest BCUT2D eigenvalue weighted by atomic mass is 10.2. The largest absolute Gasteiger partial charge is 0.493 e. The highest BCUT2D eigenvalue weighted by atomic mass is 19.1. The fraction of sp³-hybridized carbons (Fsp3) is 0.167. The number of nitrogens with zero attached hydrogens (tertiary/aromatic N) is 3. The molecule has 40 heavy (non-hydrogen) atoms. The number of carbonyl (C=O) groups is 1. The fourth-order valence-electron chi connectivity index (χ4n) is 4.04. The van der Waals surface area contributed by atoms with Gasteiger partial charge < -0.3 is 24.3 Å². The SMILES string of the molecule is COc1cc2nccc(Oc3ccc(NC(=O)c4nn(-c5ccc(F)cc5)cc4OC(C)C)cc3)c2cc1OC. The monoisotopic (exact) mass is 542 g/mol. The lowest BCUT2D eigenvalue weighted by molar-refractivity contribution is 0.101. The Morgan fingerprint density at radius 2 is 1.60 bits per heavy atom. The Kier molecular flexibility index (Phi) is 7.50. The number of amides is 1. The van der Waals surface area contributed by atoms with Crippen LogP contribution in [0.25, 0.3) is 16.6 Å². The van der Waals surface area contributed by atoms with Gasteiger partial charge in [0.05, 0.1) is 37.7 Å². The number of aromatic nitrogens is 3. The molecule has 0 spiro atoms. The summed E-state index contributed by atoms with van der Waals surface area (Å²) in [7, 11) is 3.14. The Bertz CT molecular complexity index is 1650. The van der Waals surface area contributed by atoms with Crippen LogP contribution in [-0.4, -0.2) is 41.0 Å². The first kappa shape index (κ1) is 26.5. The second-order valence-corrected chi connectivity index (χ2v) is 9.04. The lowest BCUT2D eigenvalue weighted by Crippen LogP contribution is -2.16. The van der Waals surface area contributed by atoms with Crippen LogP contribution in [0.15, 0.2) is 79.1 Å². The second-order valence-electron chi connectivity index (χ2n) is 9.04. The molecule has 1 N–H and O–H groups in total. The summed E-state index contributed by atoms with van der Waals surface area (Å²) < 4.78 is 37.6.